The van der Waals surface area contributed by atoms with E-state index in [4.69, 9.17) is 9.97 Å². The Morgan fingerprint density at radius 2 is 0.814 bits per heavy atom. The van der Waals surface area contributed by atoms with Crippen molar-refractivity contribution in [1.29, 1.82) is 0 Å². The standard InChI is InChI=1S/C57H38N2/c1-57(2)51-31-47(42-21-18-36-12-6-7-13-40(36)26-42)33-58-55(51)56-52(57)32-48(34-59-56)46-29-44(35-10-4-3-5-11-35)28-45(30-46)41-16-9-17-43(27-41)49-24-22-39-20-19-37-14-8-15-38-23-25-50(49)54(39)53(37)38/h3-34H,1-2H3. The van der Waals surface area contributed by atoms with Crippen molar-refractivity contribution in [2.45, 2.75) is 19.3 Å². The third-order valence-electron chi connectivity index (χ3n) is 12.8. The number of fused-ring (bicyclic) bond motifs is 4. The van der Waals surface area contributed by atoms with E-state index in [-0.39, 0.29) is 5.41 Å². The number of pyridine rings is 2. The Balaban J connectivity index is 0.963. The summed E-state index contributed by atoms with van der Waals surface area (Å²) in [6.45, 7) is 4.62. The van der Waals surface area contributed by atoms with Crippen LogP contribution in [0.3, 0.4) is 0 Å². The molecule has 2 aromatic heterocycles. The average molecular weight is 751 g/mol. The van der Waals surface area contributed by atoms with Gasteiger partial charge in [0.2, 0.25) is 0 Å². The van der Waals surface area contributed by atoms with Crippen LogP contribution in [-0.4, -0.2) is 9.97 Å². The van der Waals surface area contributed by atoms with Crippen LogP contribution in [0, 0.1) is 0 Å². The van der Waals surface area contributed by atoms with Crippen LogP contribution in [0.1, 0.15) is 25.0 Å². The van der Waals surface area contributed by atoms with Crippen molar-refractivity contribution in [2.75, 3.05) is 0 Å². The van der Waals surface area contributed by atoms with Crippen LogP contribution in [0.5, 0.6) is 0 Å². The van der Waals surface area contributed by atoms with Crippen molar-refractivity contribution in [3.05, 3.63) is 206 Å². The highest BCUT2D eigenvalue weighted by molar-refractivity contribution is 6.25. The molecule has 0 radical (unpaired) electrons. The first-order valence-corrected chi connectivity index (χ1v) is 20.5. The molecule has 0 bridgehead atoms. The Morgan fingerprint density at radius 1 is 0.322 bits per heavy atom. The second-order valence-electron chi connectivity index (χ2n) is 16.6. The molecule has 2 nitrogen and oxygen atoms in total. The van der Waals surface area contributed by atoms with Gasteiger partial charge in [0.15, 0.2) is 0 Å². The molecule has 0 atom stereocenters. The van der Waals surface area contributed by atoms with E-state index < -0.39 is 0 Å². The van der Waals surface area contributed by atoms with Crippen LogP contribution < -0.4 is 0 Å². The molecule has 0 aliphatic heterocycles. The van der Waals surface area contributed by atoms with Crippen LogP contribution in [0.2, 0.25) is 0 Å². The molecule has 0 saturated heterocycles. The quantitative estimate of drug-likeness (QED) is 0.164. The minimum absolute atomic E-state index is 0.275. The molecule has 1 aliphatic rings. The molecule has 0 N–H and O–H groups in total. The summed E-state index contributed by atoms with van der Waals surface area (Å²) in [5.74, 6) is 0. The molecule has 11 aromatic rings. The summed E-state index contributed by atoms with van der Waals surface area (Å²) < 4.78 is 0. The number of benzene rings is 9. The molecule has 276 valence electrons. The van der Waals surface area contributed by atoms with Crippen LogP contribution in [-0.2, 0) is 5.41 Å². The summed E-state index contributed by atoms with van der Waals surface area (Å²) >= 11 is 0. The molecular formula is C57H38N2. The van der Waals surface area contributed by atoms with Gasteiger partial charge in [-0.3, -0.25) is 9.97 Å². The number of aromatic nitrogens is 2. The van der Waals surface area contributed by atoms with Gasteiger partial charge in [-0.15, -0.1) is 0 Å². The first-order chi connectivity index (χ1) is 29.0. The van der Waals surface area contributed by atoms with Crippen LogP contribution >= 0.6 is 0 Å². The number of rotatable bonds is 5. The van der Waals surface area contributed by atoms with E-state index >= 15 is 0 Å². The van der Waals surface area contributed by atoms with Crippen molar-refractivity contribution in [2.24, 2.45) is 0 Å². The Bertz CT molecular complexity index is 3450. The summed E-state index contributed by atoms with van der Waals surface area (Å²) in [7, 11) is 0. The largest absolute Gasteiger partial charge is 0.254 e. The third kappa shape index (κ3) is 5.34. The van der Waals surface area contributed by atoms with Gasteiger partial charge in [0.05, 0.1) is 11.4 Å². The van der Waals surface area contributed by atoms with Crippen molar-refractivity contribution >= 4 is 43.1 Å². The molecule has 0 unspecified atom stereocenters. The zero-order valence-electron chi connectivity index (χ0n) is 32.9. The summed E-state index contributed by atoms with van der Waals surface area (Å²) in [5.41, 5.74) is 15.8. The molecule has 0 saturated carbocycles. The van der Waals surface area contributed by atoms with E-state index in [0.29, 0.717) is 0 Å². The monoisotopic (exact) mass is 750 g/mol. The van der Waals surface area contributed by atoms with E-state index in [1.54, 1.807) is 0 Å². The van der Waals surface area contributed by atoms with E-state index in [1.165, 1.54) is 93.2 Å². The van der Waals surface area contributed by atoms with E-state index in [2.05, 4.69) is 196 Å². The fourth-order valence-corrected chi connectivity index (χ4v) is 9.70. The molecular weight excluding hydrogens is 713 g/mol. The molecule has 59 heavy (non-hydrogen) atoms. The Hall–Kier alpha value is -7.42. The Kier molecular flexibility index (Phi) is 7.31. The number of hydrogen-bond donors (Lipinski definition) is 0. The summed E-state index contributed by atoms with van der Waals surface area (Å²) in [6, 6.07) is 66.9. The van der Waals surface area contributed by atoms with Gasteiger partial charge in [-0.05, 0) is 141 Å². The maximum atomic E-state index is 5.18. The molecule has 12 rings (SSSR count). The Labute approximate surface area is 343 Å². The van der Waals surface area contributed by atoms with Crippen molar-refractivity contribution in [3.8, 4) is 67.0 Å². The van der Waals surface area contributed by atoms with Crippen LogP contribution in [0.25, 0.3) is 110 Å². The second-order valence-corrected chi connectivity index (χ2v) is 16.6. The van der Waals surface area contributed by atoms with Gasteiger partial charge >= 0.3 is 0 Å². The SMILES string of the molecule is CC1(C)c2cc(-c3cc(-c4ccccc4)cc(-c4cccc(-c5ccc6ccc7cccc8ccc5c6c78)c4)c3)cnc2-c2ncc(-c3ccc4ccccc4c3)cc21. The van der Waals surface area contributed by atoms with Crippen LogP contribution in [0.4, 0.5) is 0 Å². The smallest absolute Gasteiger partial charge is 0.0930 e. The lowest BCUT2D eigenvalue weighted by Crippen LogP contribution is -2.15. The lowest BCUT2D eigenvalue weighted by molar-refractivity contribution is 0.658. The first kappa shape index (κ1) is 33.7. The van der Waals surface area contributed by atoms with E-state index in [9.17, 15) is 0 Å². The topological polar surface area (TPSA) is 25.8 Å². The molecule has 0 spiro atoms. The highest BCUT2D eigenvalue weighted by Gasteiger charge is 2.38. The van der Waals surface area contributed by atoms with Gasteiger partial charge in [0.25, 0.3) is 0 Å². The maximum absolute atomic E-state index is 5.18. The molecule has 9 aromatic carbocycles. The predicted octanol–water partition coefficient (Wildman–Crippen LogP) is 15.2. The lowest BCUT2D eigenvalue weighted by atomic mass is 9.81. The molecule has 0 fully saturated rings. The molecule has 0 amide bonds. The minimum Gasteiger partial charge on any atom is -0.254 e. The highest BCUT2D eigenvalue weighted by atomic mass is 14.8. The zero-order valence-corrected chi connectivity index (χ0v) is 32.9. The van der Waals surface area contributed by atoms with Gasteiger partial charge in [-0.25, -0.2) is 0 Å². The number of nitrogens with zero attached hydrogens (tertiary/aromatic N) is 2. The normalized spacial score (nSPS) is 13.1. The third-order valence-corrected chi connectivity index (χ3v) is 12.8. The van der Waals surface area contributed by atoms with Crippen molar-refractivity contribution in [3.63, 3.8) is 0 Å². The Morgan fingerprint density at radius 3 is 1.56 bits per heavy atom. The van der Waals surface area contributed by atoms with Gasteiger partial charge in [-0.2, -0.15) is 0 Å². The lowest BCUT2D eigenvalue weighted by Gasteiger charge is -2.22. The fraction of sp³-hybridized carbons (Fsp3) is 0.0526. The first-order valence-electron chi connectivity index (χ1n) is 20.5. The highest BCUT2D eigenvalue weighted by Crippen LogP contribution is 2.49. The van der Waals surface area contributed by atoms with Gasteiger partial charge < -0.3 is 0 Å². The molecule has 2 heteroatoms. The summed E-state index contributed by atoms with van der Waals surface area (Å²) in [5, 5.41) is 10.3. The fourth-order valence-electron chi connectivity index (χ4n) is 9.70. The molecule has 1 aliphatic carbocycles. The zero-order chi connectivity index (χ0) is 39.2. The van der Waals surface area contributed by atoms with E-state index in [1.807, 2.05) is 12.4 Å². The number of hydrogen-bond acceptors (Lipinski definition) is 2. The second kappa shape index (κ2) is 12.8. The predicted molar refractivity (Wildman–Crippen MR) is 248 cm³/mol. The van der Waals surface area contributed by atoms with Crippen molar-refractivity contribution in [1.82, 2.24) is 9.97 Å². The average Bonchev–Trinajstić information content (AvgIpc) is 3.52. The van der Waals surface area contributed by atoms with Gasteiger partial charge in [-0.1, -0.05) is 153 Å². The maximum Gasteiger partial charge on any atom is 0.0930 e. The molecule has 2 heterocycles. The van der Waals surface area contributed by atoms with Crippen molar-refractivity contribution < 1.29 is 0 Å². The summed E-state index contributed by atoms with van der Waals surface area (Å²) in [6.07, 6.45) is 4.05. The van der Waals surface area contributed by atoms with Gasteiger partial charge in [0, 0.05) is 28.9 Å². The van der Waals surface area contributed by atoms with E-state index in [0.717, 1.165) is 28.1 Å². The van der Waals surface area contributed by atoms with Gasteiger partial charge in [0.1, 0.15) is 0 Å². The van der Waals surface area contributed by atoms with Crippen LogP contribution in [0.15, 0.2) is 194 Å². The minimum atomic E-state index is -0.275. The summed E-state index contributed by atoms with van der Waals surface area (Å²) in [4.78, 5) is 10.3.